The molecular formula is C23H28N4O3S. The quantitative estimate of drug-likeness (QED) is 0.790. The lowest BCUT2D eigenvalue weighted by atomic mass is 10.1. The smallest absolute Gasteiger partial charge is 0.263 e. The minimum Gasteiger partial charge on any atom is -0.340 e. The molecule has 0 aliphatic carbocycles. The minimum atomic E-state index is -3.61. The van der Waals surface area contributed by atoms with Crippen LogP contribution in [0.15, 0.2) is 58.4 Å². The van der Waals surface area contributed by atoms with Crippen LogP contribution in [0.3, 0.4) is 0 Å². The summed E-state index contributed by atoms with van der Waals surface area (Å²) in [6.45, 7) is 7.79. The molecule has 2 heterocycles. The van der Waals surface area contributed by atoms with Crippen molar-refractivity contribution in [1.82, 2.24) is 14.5 Å². The second kappa shape index (κ2) is 8.80. The standard InChI is InChI=1S/C23H28N4O3S/c1-17-8-3-4-9-19(17)16-26-12-7-13-27(15-14-26)23(28)18(2)24-22-20-10-5-6-11-21(20)31(29,30)25-22/h3-6,8-11,18H,7,12-16H2,1-2H3,(H,24,25)/t18-/m0/s1. The molecule has 2 aliphatic heterocycles. The van der Waals surface area contributed by atoms with Gasteiger partial charge in [-0.05, 0) is 43.5 Å². The summed E-state index contributed by atoms with van der Waals surface area (Å²) in [5.74, 6) is 0.168. The Labute approximate surface area is 183 Å². The van der Waals surface area contributed by atoms with Gasteiger partial charge in [0.05, 0.1) is 4.90 Å². The highest BCUT2D eigenvalue weighted by Gasteiger charge is 2.32. The first-order chi connectivity index (χ1) is 14.8. The van der Waals surface area contributed by atoms with Gasteiger partial charge in [0.25, 0.3) is 10.0 Å². The summed E-state index contributed by atoms with van der Waals surface area (Å²) in [4.78, 5) is 21.9. The van der Waals surface area contributed by atoms with Crippen molar-refractivity contribution in [2.75, 3.05) is 26.2 Å². The molecule has 1 atom stereocenters. The third-order valence-corrected chi connectivity index (χ3v) is 7.30. The van der Waals surface area contributed by atoms with E-state index in [9.17, 15) is 13.2 Å². The second-order valence-corrected chi connectivity index (χ2v) is 9.79. The Kier molecular flexibility index (Phi) is 6.11. The number of benzene rings is 2. The highest BCUT2D eigenvalue weighted by atomic mass is 32.2. The fourth-order valence-corrected chi connectivity index (χ4v) is 5.36. The molecule has 1 saturated heterocycles. The van der Waals surface area contributed by atoms with E-state index in [1.807, 2.05) is 11.0 Å². The Morgan fingerprint density at radius 2 is 1.81 bits per heavy atom. The van der Waals surface area contributed by atoms with Crippen molar-refractivity contribution in [3.63, 3.8) is 0 Å². The van der Waals surface area contributed by atoms with Gasteiger partial charge in [-0.2, -0.15) is 0 Å². The molecule has 0 spiro atoms. The SMILES string of the molecule is Cc1ccccc1CN1CCCN(C(=O)[C@H](C)N=C2NS(=O)(=O)c3ccccc32)CC1. The van der Waals surface area contributed by atoms with Gasteiger partial charge in [0.2, 0.25) is 5.91 Å². The largest absolute Gasteiger partial charge is 0.340 e. The normalized spacial score (nSPS) is 20.7. The number of carbonyl (C=O) groups is 1. The van der Waals surface area contributed by atoms with Gasteiger partial charge >= 0.3 is 0 Å². The van der Waals surface area contributed by atoms with Gasteiger partial charge in [0, 0.05) is 38.3 Å². The van der Waals surface area contributed by atoms with Gasteiger partial charge in [-0.15, -0.1) is 0 Å². The fraction of sp³-hybridized carbons (Fsp3) is 0.391. The third-order valence-electron chi connectivity index (χ3n) is 5.90. The third kappa shape index (κ3) is 4.65. The van der Waals surface area contributed by atoms with Crippen LogP contribution >= 0.6 is 0 Å². The summed E-state index contributed by atoms with van der Waals surface area (Å²) in [6, 6.07) is 14.4. The molecule has 1 fully saturated rings. The van der Waals surface area contributed by atoms with Gasteiger partial charge in [-0.3, -0.25) is 19.4 Å². The van der Waals surface area contributed by atoms with Gasteiger partial charge in [-0.1, -0.05) is 36.4 Å². The highest BCUT2D eigenvalue weighted by molar-refractivity contribution is 7.90. The van der Waals surface area contributed by atoms with Gasteiger partial charge in [-0.25, -0.2) is 8.42 Å². The number of hydrogen-bond donors (Lipinski definition) is 1. The number of amides is 1. The lowest BCUT2D eigenvalue weighted by Crippen LogP contribution is -2.40. The molecule has 0 radical (unpaired) electrons. The van der Waals surface area contributed by atoms with E-state index in [1.54, 1.807) is 31.2 Å². The number of nitrogens with one attached hydrogen (secondary N) is 1. The van der Waals surface area contributed by atoms with E-state index in [0.29, 0.717) is 18.7 Å². The summed E-state index contributed by atoms with van der Waals surface area (Å²) in [5.41, 5.74) is 3.11. The van der Waals surface area contributed by atoms with Crippen LogP contribution in [0.25, 0.3) is 0 Å². The zero-order valence-corrected chi connectivity index (χ0v) is 18.7. The van der Waals surface area contributed by atoms with E-state index in [1.165, 1.54) is 11.1 Å². The molecular weight excluding hydrogens is 412 g/mol. The van der Waals surface area contributed by atoms with Crippen molar-refractivity contribution in [1.29, 1.82) is 0 Å². The van der Waals surface area contributed by atoms with E-state index in [-0.39, 0.29) is 16.6 Å². The number of rotatable bonds is 4. The van der Waals surface area contributed by atoms with E-state index >= 15 is 0 Å². The first-order valence-electron chi connectivity index (χ1n) is 10.6. The molecule has 0 aromatic heterocycles. The van der Waals surface area contributed by atoms with Crippen molar-refractivity contribution in [3.8, 4) is 0 Å². The van der Waals surface area contributed by atoms with Crippen LogP contribution in [0, 0.1) is 6.92 Å². The Bertz CT molecular complexity index is 1110. The van der Waals surface area contributed by atoms with Crippen LogP contribution < -0.4 is 4.72 Å². The molecule has 0 unspecified atom stereocenters. The first-order valence-corrected chi connectivity index (χ1v) is 12.1. The molecule has 164 valence electrons. The molecule has 2 aromatic rings. The zero-order valence-electron chi connectivity index (χ0n) is 17.9. The van der Waals surface area contributed by atoms with E-state index in [2.05, 4.69) is 39.7 Å². The maximum atomic E-state index is 13.1. The van der Waals surface area contributed by atoms with Crippen LogP contribution in [-0.4, -0.2) is 62.2 Å². The maximum Gasteiger partial charge on any atom is 0.263 e. The molecule has 2 aromatic carbocycles. The Morgan fingerprint density at radius 3 is 2.61 bits per heavy atom. The number of aliphatic imine (C=N–C) groups is 1. The van der Waals surface area contributed by atoms with Crippen LogP contribution in [0.2, 0.25) is 0 Å². The number of hydrogen-bond acceptors (Lipinski definition) is 5. The number of carbonyl (C=O) groups excluding carboxylic acids is 1. The van der Waals surface area contributed by atoms with Crippen molar-refractivity contribution >= 4 is 21.8 Å². The summed E-state index contributed by atoms with van der Waals surface area (Å²) < 4.78 is 27.0. The number of amidine groups is 1. The monoisotopic (exact) mass is 440 g/mol. The molecule has 8 heteroatoms. The molecule has 1 amide bonds. The molecule has 31 heavy (non-hydrogen) atoms. The molecule has 0 bridgehead atoms. The van der Waals surface area contributed by atoms with Crippen LogP contribution in [0.5, 0.6) is 0 Å². The number of nitrogens with zero attached hydrogens (tertiary/aromatic N) is 3. The number of fused-ring (bicyclic) bond motifs is 1. The lowest BCUT2D eigenvalue weighted by molar-refractivity contribution is -0.132. The maximum absolute atomic E-state index is 13.1. The van der Waals surface area contributed by atoms with Crippen molar-refractivity contribution in [3.05, 3.63) is 65.2 Å². The average molecular weight is 441 g/mol. The number of aryl methyl sites for hydroxylation is 1. The summed E-state index contributed by atoms with van der Waals surface area (Å²) in [6.07, 6.45) is 0.899. The van der Waals surface area contributed by atoms with Crippen LogP contribution in [-0.2, 0) is 21.4 Å². The summed E-state index contributed by atoms with van der Waals surface area (Å²) >= 11 is 0. The summed E-state index contributed by atoms with van der Waals surface area (Å²) in [7, 11) is -3.61. The van der Waals surface area contributed by atoms with Crippen molar-refractivity contribution < 1.29 is 13.2 Å². The Balaban J connectivity index is 1.42. The molecule has 2 aliphatic rings. The lowest BCUT2D eigenvalue weighted by Gasteiger charge is -2.24. The molecule has 1 N–H and O–H groups in total. The van der Waals surface area contributed by atoms with Crippen molar-refractivity contribution in [2.45, 2.75) is 37.8 Å². The van der Waals surface area contributed by atoms with E-state index in [0.717, 1.165) is 26.1 Å². The van der Waals surface area contributed by atoms with Crippen LogP contribution in [0.1, 0.15) is 30.0 Å². The molecule has 4 rings (SSSR count). The predicted octanol–water partition coefficient (Wildman–Crippen LogP) is 2.16. The van der Waals surface area contributed by atoms with Gasteiger partial charge < -0.3 is 4.90 Å². The topological polar surface area (TPSA) is 82.1 Å². The van der Waals surface area contributed by atoms with E-state index < -0.39 is 16.1 Å². The fourth-order valence-electron chi connectivity index (χ4n) is 4.12. The minimum absolute atomic E-state index is 0.0752. The average Bonchev–Trinajstić information content (AvgIpc) is 2.89. The van der Waals surface area contributed by atoms with E-state index in [4.69, 9.17) is 0 Å². The zero-order chi connectivity index (χ0) is 22.0. The number of sulfonamides is 1. The van der Waals surface area contributed by atoms with Crippen LogP contribution in [0.4, 0.5) is 0 Å². The highest BCUT2D eigenvalue weighted by Crippen LogP contribution is 2.23. The van der Waals surface area contributed by atoms with Crippen molar-refractivity contribution in [2.24, 2.45) is 4.99 Å². The first kappa shape index (κ1) is 21.5. The summed E-state index contributed by atoms with van der Waals surface area (Å²) in [5, 5.41) is 0. The predicted molar refractivity (Wildman–Crippen MR) is 120 cm³/mol. The van der Waals surface area contributed by atoms with Gasteiger partial charge in [0.15, 0.2) is 0 Å². The second-order valence-electron chi connectivity index (χ2n) is 8.14. The Morgan fingerprint density at radius 1 is 1.06 bits per heavy atom. The Hall–Kier alpha value is -2.71. The molecule has 0 saturated carbocycles. The molecule has 7 nitrogen and oxygen atoms in total. The van der Waals surface area contributed by atoms with Gasteiger partial charge in [0.1, 0.15) is 11.9 Å².